The fourth-order valence-electron chi connectivity index (χ4n) is 1.94. The van der Waals surface area contributed by atoms with Crippen LogP contribution in [0.15, 0.2) is 72.9 Å². The van der Waals surface area contributed by atoms with E-state index in [0.29, 0.717) is 22.9 Å². The highest BCUT2D eigenvalue weighted by atomic mass is 19.1. The molecule has 5 heteroatoms. The van der Waals surface area contributed by atoms with Crippen LogP contribution >= 0.6 is 0 Å². The molecule has 4 nitrogen and oxygen atoms in total. The first kappa shape index (κ1) is 14.7. The zero-order valence-electron chi connectivity index (χ0n) is 12.1. The number of nitrogens with zero attached hydrogens (tertiary/aromatic N) is 1. The Hall–Kier alpha value is -3.21. The van der Waals surface area contributed by atoms with Crippen LogP contribution in [0.5, 0.6) is 11.5 Å². The third-order valence-corrected chi connectivity index (χ3v) is 3.07. The average molecular weight is 308 g/mol. The highest BCUT2D eigenvalue weighted by molar-refractivity contribution is 6.03. The van der Waals surface area contributed by atoms with Crippen LogP contribution in [0, 0.1) is 5.82 Å². The van der Waals surface area contributed by atoms with E-state index in [0.717, 1.165) is 0 Å². The molecule has 3 rings (SSSR count). The molecule has 0 atom stereocenters. The SMILES string of the molecule is O=C(Nc1ccccn1)c1ccc(Oc2ccc(F)cc2)cc1. The molecule has 0 saturated carbocycles. The summed E-state index contributed by atoms with van der Waals surface area (Å²) in [5, 5.41) is 2.70. The van der Waals surface area contributed by atoms with Crippen molar-refractivity contribution >= 4 is 11.7 Å². The number of nitrogens with one attached hydrogen (secondary N) is 1. The highest BCUT2D eigenvalue weighted by Gasteiger charge is 2.07. The molecule has 0 bridgehead atoms. The van der Waals surface area contributed by atoms with Crippen LogP contribution in [0.3, 0.4) is 0 Å². The summed E-state index contributed by atoms with van der Waals surface area (Å²) in [5.41, 5.74) is 0.488. The number of ether oxygens (including phenoxy) is 1. The van der Waals surface area contributed by atoms with Gasteiger partial charge in [-0.15, -0.1) is 0 Å². The van der Waals surface area contributed by atoms with Crippen molar-refractivity contribution in [3.63, 3.8) is 0 Å². The molecule has 1 aromatic heterocycles. The fraction of sp³-hybridized carbons (Fsp3) is 0. The first-order chi connectivity index (χ1) is 11.2. The van der Waals surface area contributed by atoms with Crippen LogP contribution in [0.2, 0.25) is 0 Å². The van der Waals surface area contributed by atoms with Gasteiger partial charge in [0.2, 0.25) is 0 Å². The topological polar surface area (TPSA) is 51.2 Å². The first-order valence-electron chi connectivity index (χ1n) is 6.96. The molecule has 2 aromatic carbocycles. The normalized spacial score (nSPS) is 10.1. The van der Waals surface area contributed by atoms with Gasteiger partial charge in [-0.2, -0.15) is 0 Å². The number of rotatable bonds is 4. The van der Waals surface area contributed by atoms with E-state index in [-0.39, 0.29) is 11.7 Å². The van der Waals surface area contributed by atoms with E-state index < -0.39 is 0 Å². The number of hydrogen-bond acceptors (Lipinski definition) is 3. The molecular formula is C18H13FN2O2. The van der Waals surface area contributed by atoms with Gasteiger partial charge in [0.15, 0.2) is 0 Å². The van der Waals surface area contributed by atoms with Crippen LogP contribution in [0.25, 0.3) is 0 Å². The molecule has 0 aliphatic heterocycles. The summed E-state index contributed by atoms with van der Waals surface area (Å²) in [6, 6.07) is 17.7. The standard InChI is InChI=1S/C18H13FN2O2/c19-14-6-10-16(11-7-14)23-15-8-4-13(5-9-15)18(22)21-17-3-1-2-12-20-17/h1-12H,(H,20,21,22). The van der Waals surface area contributed by atoms with Gasteiger partial charge in [-0.05, 0) is 60.7 Å². The smallest absolute Gasteiger partial charge is 0.256 e. The Kier molecular flexibility index (Phi) is 4.29. The molecule has 0 unspecified atom stereocenters. The summed E-state index contributed by atoms with van der Waals surface area (Å²) in [4.78, 5) is 16.1. The van der Waals surface area contributed by atoms with E-state index in [9.17, 15) is 9.18 Å². The number of hydrogen-bond donors (Lipinski definition) is 1. The highest BCUT2D eigenvalue weighted by Crippen LogP contribution is 2.22. The van der Waals surface area contributed by atoms with Crippen LogP contribution in [-0.4, -0.2) is 10.9 Å². The monoisotopic (exact) mass is 308 g/mol. The molecule has 3 aromatic rings. The van der Waals surface area contributed by atoms with E-state index in [1.54, 1.807) is 48.7 Å². The molecule has 0 aliphatic rings. The second kappa shape index (κ2) is 6.70. The van der Waals surface area contributed by atoms with E-state index in [2.05, 4.69) is 10.3 Å². The Labute approximate surface area is 132 Å². The van der Waals surface area contributed by atoms with Crippen molar-refractivity contribution in [2.24, 2.45) is 0 Å². The summed E-state index contributed by atoms with van der Waals surface area (Å²) < 4.78 is 18.4. The van der Waals surface area contributed by atoms with Gasteiger partial charge in [-0.1, -0.05) is 6.07 Å². The second-order valence-electron chi connectivity index (χ2n) is 4.75. The van der Waals surface area contributed by atoms with Gasteiger partial charge in [-0.3, -0.25) is 4.79 Å². The number of anilines is 1. The van der Waals surface area contributed by atoms with Crippen molar-refractivity contribution in [3.05, 3.63) is 84.3 Å². The summed E-state index contributed by atoms with van der Waals surface area (Å²) in [5.74, 6) is 1.00. The van der Waals surface area contributed by atoms with Crippen molar-refractivity contribution in [1.82, 2.24) is 4.98 Å². The Bertz CT molecular complexity index is 788. The van der Waals surface area contributed by atoms with Gasteiger partial charge in [0.1, 0.15) is 23.1 Å². The van der Waals surface area contributed by atoms with E-state index in [4.69, 9.17) is 4.74 Å². The summed E-state index contributed by atoms with van der Waals surface area (Å²) in [6.07, 6.45) is 1.61. The lowest BCUT2D eigenvalue weighted by molar-refractivity contribution is 0.102. The predicted octanol–water partition coefficient (Wildman–Crippen LogP) is 4.27. The van der Waals surface area contributed by atoms with Gasteiger partial charge in [0.25, 0.3) is 5.91 Å². The Morgan fingerprint density at radius 3 is 2.17 bits per heavy atom. The van der Waals surface area contributed by atoms with Gasteiger partial charge in [0.05, 0.1) is 0 Å². The fourth-order valence-corrected chi connectivity index (χ4v) is 1.94. The molecule has 0 radical (unpaired) electrons. The number of benzene rings is 2. The lowest BCUT2D eigenvalue weighted by Gasteiger charge is -2.07. The van der Waals surface area contributed by atoms with Gasteiger partial charge >= 0.3 is 0 Å². The van der Waals surface area contributed by atoms with Crippen molar-refractivity contribution in [2.75, 3.05) is 5.32 Å². The zero-order valence-corrected chi connectivity index (χ0v) is 12.1. The van der Waals surface area contributed by atoms with Crippen molar-refractivity contribution in [3.8, 4) is 11.5 Å². The second-order valence-corrected chi connectivity index (χ2v) is 4.75. The average Bonchev–Trinajstić information content (AvgIpc) is 2.58. The third-order valence-electron chi connectivity index (χ3n) is 3.07. The summed E-state index contributed by atoms with van der Waals surface area (Å²) >= 11 is 0. The lowest BCUT2D eigenvalue weighted by Crippen LogP contribution is -2.12. The zero-order chi connectivity index (χ0) is 16.1. The number of carbonyl (C=O) groups excluding carboxylic acids is 1. The number of halogens is 1. The van der Waals surface area contributed by atoms with Crippen LogP contribution in [0.1, 0.15) is 10.4 Å². The molecule has 0 saturated heterocycles. The first-order valence-corrected chi connectivity index (χ1v) is 6.96. The largest absolute Gasteiger partial charge is 0.457 e. The minimum atomic E-state index is -0.320. The van der Waals surface area contributed by atoms with Gasteiger partial charge in [-0.25, -0.2) is 9.37 Å². The van der Waals surface area contributed by atoms with E-state index in [1.165, 1.54) is 24.3 Å². The van der Waals surface area contributed by atoms with Gasteiger partial charge in [0, 0.05) is 11.8 Å². The Morgan fingerprint density at radius 1 is 0.913 bits per heavy atom. The van der Waals surface area contributed by atoms with Crippen molar-refractivity contribution in [2.45, 2.75) is 0 Å². The molecule has 23 heavy (non-hydrogen) atoms. The molecular weight excluding hydrogens is 295 g/mol. The molecule has 1 heterocycles. The maximum absolute atomic E-state index is 12.8. The summed E-state index contributed by atoms with van der Waals surface area (Å²) in [6.45, 7) is 0. The maximum atomic E-state index is 12.8. The molecule has 0 fully saturated rings. The Balaban J connectivity index is 1.66. The number of carbonyl (C=O) groups is 1. The van der Waals surface area contributed by atoms with Crippen molar-refractivity contribution < 1.29 is 13.9 Å². The quantitative estimate of drug-likeness (QED) is 0.783. The number of amides is 1. The molecule has 0 aliphatic carbocycles. The van der Waals surface area contributed by atoms with Crippen LogP contribution in [0.4, 0.5) is 10.2 Å². The molecule has 1 N–H and O–H groups in total. The minimum Gasteiger partial charge on any atom is -0.457 e. The number of pyridine rings is 1. The summed E-state index contributed by atoms with van der Waals surface area (Å²) in [7, 11) is 0. The number of aromatic nitrogens is 1. The predicted molar refractivity (Wildman–Crippen MR) is 85.1 cm³/mol. The molecule has 1 amide bonds. The van der Waals surface area contributed by atoms with Gasteiger partial charge < -0.3 is 10.1 Å². The molecule has 114 valence electrons. The van der Waals surface area contributed by atoms with Crippen LogP contribution < -0.4 is 10.1 Å². The maximum Gasteiger partial charge on any atom is 0.256 e. The minimum absolute atomic E-state index is 0.253. The lowest BCUT2D eigenvalue weighted by atomic mass is 10.2. The van der Waals surface area contributed by atoms with E-state index in [1.807, 2.05) is 0 Å². The Morgan fingerprint density at radius 2 is 1.57 bits per heavy atom. The molecule has 0 spiro atoms. The van der Waals surface area contributed by atoms with Crippen molar-refractivity contribution in [1.29, 1.82) is 0 Å². The van der Waals surface area contributed by atoms with E-state index >= 15 is 0 Å². The van der Waals surface area contributed by atoms with Crippen LogP contribution in [-0.2, 0) is 0 Å². The third kappa shape index (κ3) is 3.91.